The molecule has 30 heavy (non-hydrogen) atoms. The third kappa shape index (κ3) is 4.26. The summed E-state index contributed by atoms with van der Waals surface area (Å²) in [7, 11) is 1.65. The third-order valence-corrected chi connectivity index (χ3v) is 6.67. The molecule has 0 aliphatic carbocycles. The van der Waals surface area contributed by atoms with Crippen LogP contribution in [-0.4, -0.2) is 36.1 Å². The molecule has 1 fully saturated rings. The summed E-state index contributed by atoms with van der Waals surface area (Å²) in [5.41, 5.74) is 2.11. The molecule has 0 radical (unpaired) electrons. The van der Waals surface area contributed by atoms with Crippen LogP contribution in [-0.2, 0) is 17.8 Å². The zero-order chi connectivity index (χ0) is 21.1. The lowest BCUT2D eigenvalue weighted by molar-refractivity contribution is -0.125. The Morgan fingerprint density at radius 3 is 2.63 bits per heavy atom. The van der Waals surface area contributed by atoms with E-state index < -0.39 is 0 Å². The number of aryl methyl sites for hydroxylation is 2. The van der Waals surface area contributed by atoms with Gasteiger partial charge in [-0.15, -0.1) is 11.3 Å². The second-order valence-corrected chi connectivity index (χ2v) is 8.78. The maximum atomic E-state index is 12.7. The maximum Gasteiger partial charge on any atom is 0.223 e. The molecule has 4 rings (SSSR count). The number of amides is 1. The second-order valence-electron chi connectivity index (χ2n) is 7.70. The van der Waals surface area contributed by atoms with E-state index in [0.29, 0.717) is 6.54 Å². The molecule has 3 heterocycles. The van der Waals surface area contributed by atoms with E-state index in [2.05, 4.69) is 34.4 Å². The Morgan fingerprint density at radius 2 is 1.97 bits per heavy atom. The van der Waals surface area contributed by atoms with Gasteiger partial charge in [0.25, 0.3) is 0 Å². The number of carbonyl (C=O) groups is 1. The van der Waals surface area contributed by atoms with Crippen molar-refractivity contribution in [2.45, 2.75) is 39.7 Å². The summed E-state index contributed by atoms with van der Waals surface area (Å²) in [6, 6.07) is 7.80. The average Bonchev–Trinajstić information content (AvgIpc) is 3.18. The number of hydrogen-bond donors (Lipinski definition) is 1. The first-order chi connectivity index (χ1) is 14.6. The van der Waals surface area contributed by atoms with Crippen LogP contribution in [0.25, 0.3) is 10.9 Å². The quantitative estimate of drug-likeness (QED) is 0.645. The standard InChI is InChI=1S/C23H28N4O2S/c1-4-20-25-19-14-30-15(2)21(19)22(26-20)27-11-9-17(10-12-27)23(28)24-13-16-5-7-18(29-3)8-6-16/h5-8,14,17H,4,9-13H2,1-3H3,(H,24,28). The molecule has 0 atom stereocenters. The van der Waals surface area contributed by atoms with Crippen molar-refractivity contribution < 1.29 is 9.53 Å². The largest absolute Gasteiger partial charge is 0.497 e. The molecule has 158 valence electrons. The van der Waals surface area contributed by atoms with Crippen LogP contribution in [0.2, 0.25) is 0 Å². The minimum Gasteiger partial charge on any atom is -0.497 e. The molecule has 2 aromatic heterocycles. The number of anilines is 1. The number of carbonyl (C=O) groups excluding carboxylic acids is 1. The number of aromatic nitrogens is 2. The first-order valence-electron chi connectivity index (χ1n) is 10.5. The van der Waals surface area contributed by atoms with Gasteiger partial charge in [0.2, 0.25) is 5.91 Å². The summed E-state index contributed by atoms with van der Waals surface area (Å²) in [6.45, 7) is 6.44. The van der Waals surface area contributed by atoms with Crippen molar-refractivity contribution in [2.75, 3.05) is 25.1 Å². The third-order valence-electron chi connectivity index (χ3n) is 5.77. The number of benzene rings is 1. The summed E-state index contributed by atoms with van der Waals surface area (Å²) >= 11 is 1.73. The minimum absolute atomic E-state index is 0.0473. The fourth-order valence-corrected chi connectivity index (χ4v) is 4.73. The number of ether oxygens (including phenoxy) is 1. The van der Waals surface area contributed by atoms with Crippen molar-refractivity contribution in [3.05, 3.63) is 45.9 Å². The Labute approximate surface area is 181 Å². The van der Waals surface area contributed by atoms with E-state index in [0.717, 1.165) is 60.8 Å². The van der Waals surface area contributed by atoms with Crippen LogP contribution in [0.4, 0.5) is 5.82 Å². The zero-order valence-electron chi connectivity index (χ0n) is 17.8. The second kappa shape index (κ2) is 9.00. The number of methoxy groups -OCH3 is 1. The Morgan fingerprint density at radius 1 is 1.23 bits per heavy atom. The molecule has 0 saturated carbocycles. The molecule has 1 aliphatic rings. The molecule has 0 bridgehead atoms. The lowest BCUT2D eigenvalue weighted by Gasteiger charge is -2.32. The van der Waals surface area contributed by atoms with Crippen molar-refractivity contribution in [2.24, 2.45) is 5.92 Å². The van der Waals surface area contributed by atoms with Crippen LogP contribution in [0.1, 0.15) is 36.0 Å². The molecule has 1 saturated heterocycles. The molecule has 1 amide bonds. The first-order valence-corrected chi connectivity index (χ1v) is 11.4. The highest BCUT2D eigenvalue weighted by Crippen LogP contribution is 2.33. The molecular weight excluding hydrogens is 396 g/mol. The lowest BCUT2D eigenvalue weighted by Crippen LogP contribution is -2.40. The van der Waals surface area contributed by atoms with Crippen LogP contribution in [0.15, 0.2) is 29.6 Å². The summed E-state index contributed by atoms with van der Waals surface area (Å²) in [5, 5.41) is 6.38. The zero-order valence-corrected chi connectivity index (χ0v) is 18.6. The van der Waals surface area contributed by atoms with Gasteiger partial charge in [-0.2, -0.15) is 0 Å². The average molecular weight is 425 g/mol. The Hall–Kier alpha value is -2.67. The number of rotatable bonds is 6. The van der Waals surface area contributed by atoms with E-state index in [4.69, 9.17) is 9.72 Å². The highest BCUT2D eigenvalue weighted by atomic mass is 32.1. The van der Waals surface area contributed by atoms with Gasteiger partial charge in [-0.1, -0.05) is 19.1 Å². The molecule has 3 aromatic rings. The van der Waals surface area contributed by atoms with Gasteiger partial charge in [0, 0.05) is 42.2 Å². The normalized spacial score (nSPS) is 14.8. The van der Waals surface area contributed by atoms with Gasteiger partial charge in [0.1, 0.15) is 17.4 Å². The summed E-state index contributed by atoms with van der Waals surface area (Å²) in [4.78, 5) is 25.8. The van der Waals surface area contributed by atoms with Gasteiger partial charge in [0.05, 0.1) is 18.0 Å². The van der Waals surface area contributed by atoms with Crippen molar-refractivity contribution in [1.29, 1.82) is 0 Å². The van der Waals surface area contributed by atoms with E-state index in [1.54, 1.807) is 18.4 Å². The fraction of sp³-hybridized carbons (Fsp3) is 0.435. The number of piperidine rings is 1. The van der Waals surface area contributed by atoms with Crippen molar-refractivity contribution in [3.8, 4) is 5.75 Å². The molecule has 1 aliphatic heterocycles. The molecule has 7 heteroatoms. The van der Waals surface area contributed by atoms with Gasteiger partial charge in [-0.25, -0.2) is 9.97 Å². The number of nitrogens with zero attached hydrogens (tertiary/aromatic N) is 3. The van der Waals surface area contributed by atoms with Crippen LogP contribution in [0.5, 0.6) is 5.75 Å². The van der Waals surface area contributed by atoms with Gasteiger partial charge in [-0.3, -0.25) is 4.79 Å². The fourth-order valence-electron chi connectivity index (χ4n) is 3.96. The predicted molar refractivity (Wildman–Crippen MR) is 121 cm³/mol. The highest BCUT2D eigenvalue weighted by Gasteiger charge is 2.27. The topological polar surface area (TPSA) is 67.4 Å². The lowest BCUT2D eigenvalue weighted by atomic mass is 9.95. The number of fused-ring (bicyclic) bond motifs is 1. The van der Waals surface area contributed by atoms with Crippen LogP contribution < -0.4 is 15.0 Å². The number of nitrogens with one attached hydrogen (secondary N) is 1. The number of thiophene rings is 1. The van der Waals surface area contributed by atoms with Crippen molar-refractivity contribution >= 4 is 34.0 Å². The summed E-state index contributed by atoms with van der Waals surface area (Å²) in [5.74, 6) is 2.93. The number of hydrogen-bond acceptors (Lipinski definition) is 6. The van der Waals surface area contributed by atoms with E-state index >= 15 is 0 Å². The van der Waals surface area contributed by atoms with E-state index in [9.17, 15) is 4.79 Å². The van der Waals surface area contributed by atoms with Gasteiger partial charge >= 0.3 is 0 Å². The SMILES string of the molecule is CCc1nc(N2CCC(C(=O)NCc3ccc(OC)cc3)CC2)c2c(C)scc2n1. The Bertz CT molecular complexity index is 1020. The first kappa shape index (κ1) is 20.6. The van der Waals surface area contributed by atoms with Gasteiger partial charge in [-0.05, 0) is 37.5 Å². The van der Waals surface area contributed by atoms with Crippen LogP contribution >= 0.6 is 11.3 Å². The van der Waals surface area contributed by atoms with Gasteiger partial charge in [0.15, 0.2) is 0 Å². The summed E-state index contributed by atoms with van der Waals surface area (Å²) in [6.07, 6.45) is 2.50. The van der Waals surface area contributed by atoms with E-state index in [-0.39, 0.29) is 11.8 Å². The van der Waals surface area contributed by atoms with Crippen molar-refractivity contribution in [1.82, 2.24) is 15.3 Å². The van der Waals surface area contributed by atoms with Crippen molar-refractivity contribution in [3.63, 3.8) is 0 Å². The molecular formula is C23H28N4O2S. The molecule has 0 unspecified atom stereocenters. The molecule has 0 spiro atoms. The molecule has 6 nitrogen and oxygen atoms in total. The smallest absolute Gasteiger partial charge is 0.223 e. The molecule has 1 N–H and O–H groups in total. The predicted octanol–water partition coefficient (Wildman–Crippen LogP) is 4.10. The highest BCUT2D eigenvalue weighted by molar-refractivity contribution is 7.11. The van der Waals surface area contributed by atoms with Crippen LogP contribution in [0, 0.1) is 12.8 Å². The van der Waals surface area contributed by atoms with E-state index in [1.165, 1.54) is 10.3 Å². The Kier molecular flexibility index (Phi) is 6.18. The maximum absolute atomic E-state index is 12.7. The Balaban J connectivity index is 1.38. The van der Waals surface area contributed by atoms with Crippen LogP contribution in [0.3, 0.4) is 0 Å². The van der Waals surface area contributed by atoms with Gasteiger partial charge < -0.3 is 15.0 Å². The summed E-state index contributed by atoms with van der Waals surface area (Å²) < 4.78 is 5.18. The van der Waals surface area contributed by atoms with E-state index in [1.807, 2.05) is 24.3 Å². The monoisotopic (exact) mass is 424 g/mol. The minimum atomic E-state index is 0.0473. The molecule has 1 aromatic carbocycles.